The summed E-state index contributed by atoms with van der Waals surface area (Å²) in [5, 5.41) is 3.29. The first-order chi connectivity index (χ1) is 8.99. The van der Waals surface area contributed by atoms with E-state index in [9.17, 15) is 12.8 Å². The second-order valence-corrected chi connectivity index (χ2v) is 7.21. The summed E-state index contributed by atoms with van der Waals surface area (Å²) >= 11 is 3.10. The number of hydrogen-bond donors (Lipinski definition) is 2. The lowest BCUT2D eigenvalue weighted by atomic mass is 10.2. The highest BCUT2D eigenvalue weighted by Gasteiger charge is 2.20. The van der Waals surface area contributed by atoms with Gasteiger partial charge in [0, 0.05) is 17.1 Å². The Morgan fingerprint density at radius 1 is 1.45 bits per heavy atom. The molecule has 20 heavy (non-hydrogen) atoms. The monoisotopic (exact) mass is 386 g/mol. The second kappa shape index (κ2) is 7.70. The molecular weight excluding hydrogens is 371 g/mol. The van der Waals surface area contributed by atoms with Gasteiger partial charge in [-0.25, -0.2) is 17.5 Å². The lowest BCUT2D eigenvalue weighted by Gasteiger charge is -2.11. The van der Waals surface area contributed by atoms with Crippen LogP contribution in [0.25, 0.3) is 0 Å². The average Bonchev–Trinajstić information content (AvgIpc) is 2.81. The summed E-state index contributed by atoms with van der Waals surface area (Å²) in [6.45, 7) is 1.30. The first-order valence-electron chi connectivity index (χ1n) is 6.17. The fourth-order valence-corrected chi connectivity index (χ4v) is 3.58. The van der Waals surface area contributed by atoms with E-state index in [0.29, 0.717) is 17.1 Å². The zero-order valence-corrected chi connectivity index (χ0v) is 14.0. The van der Waals surface area contributed by atoms with Crippen LogP contribution in [0.3, 0.4) is 0 Å². The number of halogens is 3. The Morgan fingerprint density at radius 3 is 2.80 bits per heavy atom. The van der Waals surface area contributed by atoms with Crippen LogP contribution in [0.15, 0.2) is 27.6 Å². The standard InChI is InChI=1S/C12H16BrFN2O2S.ClH/c13-9-3-4-12(11(14)8-9)19(17,18)16-7-5-10-2-1-6-15-10;/h3-4,8,10,15-16H,1-2,5-7H2;1H/t10-;/m1./s1. The summed E-state index contributed by atoms with van der Waals surface area (Å²) < 4.78 is 40.5. The molecule has 0 saturated carbocycles. The lowest BCUT2D eigenvalue weighted by Crippen LogP contribution is -2.31. The molecule has 1 atom stereocenters. The van der Waals surface area contributed by atoms with Crippen molar-refractivity contribution in [2.45, 2.75) is 30.2 Å². The first kappa shape index (κ1) is 17.8. The van der Waals surface area contributed by atoms with Crippen molar-refractivity contribution in [1.82, 2.24) is 10.0 Å². The van der Waals surface area contributed by atoms with Crippen LogP contribution in [0.5, 0.6) is 0 Å². The third-order valence-corrected chi connectivity index (χ3v) is 5.12. The van der Waals surface area contributed by atoms with E-state index in [4.69, 9.17) is 0 Å². The van der Waals surface area contributed by atoms with E-state index >= 15 is 0 Å². The largest absolute Gasteiger partial charge is 0.314 e. The SMILES string of the molecule is Cl.O=S(=O)(NCC[C@H]1CCCN1)c1ccc(Br)cc1F. The smallest absolute Gasteiger partial charge is 0.243 e. The van der Waals surface area contributed by atoms with Gasteiger partial charge in [0.15, 0.2) is 0 Å². The predicted octanol–water partition coefficient (Wildman–Crippen LogP) is 2.43. The van der Waals surface area contributed by atoms with Gasteiger partial charge < -0.3 is 5.32 Å². The third-order valence-electron chi connectivity index (χ3n) is 3.13. The van der Waals surface area contributed by atoms with Gasteiger partial charge in [0.2, 0.25) is 10.0 Å². The molecule has 2 rings (SSSR count). The Hall–Kier alpha value is -0.210. The summed E-state index contributed by atoms with van der Waals surface area (Å²) in [4.78, 5) is -0.310. The van der Waals surface area contributed by atoms with Crippen molar-refractivity contribution in [2.75, 3.05) is 13.1 Å². The van der Waals surface area contributed by atoms with Gasteiger partial charge in [-0.1, -0.05) is 15.9 Å². The van der Waals surface area contributed by atoms with Crippen molar-refractivity contribution >= 4 is 38.4 Å². The molecule has 1 aromatic carbocycles. The summed E-state index contributed by atoms with van der Waals surface area (Å²) in [6, 6.07) is 4.27. The molecule has 0 unspecified atom stereocenters. The molecule has 1 aromatic rings. The Kier molecular flexibility index (Phi) is 6.87. The fraction of sp³-hybridized carbons (Fsp3) is 0.500. The number of rotatable bonds is 5. The summed E-state index contributed by atoms with van der Waals surface area (Å²) in [5.41, 5.74) is 0. The Morgan fingerprint density at radius 2 is 2.20 bits per heavy atom. The maximum absolute atomic E-state index is 13.6. The summed E-state index contributed by atoms with van der Waals surface area (Å²) in [6.07, 6.45) is 2.91. The minimum absolute atomic E-state index is 0. The Bertz CT molecular complexity index is 550. The molecule has 0 aliphatic carbocycles. The molecule has 0 radical (unpaired) electrons. The van der Waals surface area contributed by atoms with Gasteiger partial charge in [-0.3, -0.25) is 0 Å². The van der Waals surface area contributed by atoms with Crippen LogP contribution in [0.4, 0.5) is 4.39 Å². The van der Waals surface area contributed by atoms with Crippen LogP contribution in [0.2, 0.25) is 0 Å². The number of benzene rings is 1. The van der Waals surface area contributed by atoms with E-state index in [0.717, 1.165) is 31.9 Å². The molecule has 8 heteroatoms. The van der Waals surface area contributed by atoms with E-state index in [-0.39, 0.29) is 17.3 Å². The van der Waals surface area contributed by atoms with Crippen molar-refractivity contribution in [1.29, 1.82) is 0 Å². The molecule has 0 bridgehead atoms. The Balaban J connectivity index is 0.00000200. The van der Waals surface area contributed by atoms with E-state index in [1.54, 1.807) is 0 Å². The summed E-state index contributed by atoms with van der Waals surface area (Å²) in [5.74, 6) is -0.749. The molecule has 1 aliphatic rings. The van der Waals surface area contributed by atoms with Crippen molar-refractivity contribution in [3.8, 4) is 0 Å². The van der Waals surface area contributed by atoms with Crippen LogP contribution in [-0.2, 0) is 10.0 Å². The molecule has 2 N–H and O–H groups in total. The fourth-order valence-electron chi connectivity index (χ4n) is 2.14. The third kappa shape index (κ3) is 4.66. The number of sulfonamides is 1. The molecule has 0 spiro atoms. The molecule has 1 fully saturated rings. The molecule has 0 aromatic heterocycles. The highest BCUT2D eigenvalue weighted by Crippen LogP contribution is 2.19. The van der Waals surface area contributed by atoms with Gasteiger partial charge in [0.05, 0.1) is 0 Å². The van der Waals surface area contributed by atoms with Gasteiger partial charge >= 0.3 is 0 Å². The lowest BCUT2D eigenvalue weighted by molar-refractivity contribution is 0.532. The van der Waals surface area contributed by atoms with Crippen LogP contribution >= 0.6 is 28.3 Å². The first-order valence-corrected chi connectivity index (χ1v) is 8.45. The zero-order chi connectivity index (χ0) is 13.9. The molecule has 1 saturated heterocycles. The molecule has 4 nitrogen and oxygen atoms in total. The maximum Gasteiger partial charge on any atom is 0.243 e. The highest BCUT2D eigenvalue weighted by molar-refractivity contribution is 9.10. The number of hydrogen-bond acceptors (Lipinski definition) is 3. The van der Waals surface area contributed by atoms with Crippen molar-refractivity contribution in [2.24, 2.45) is 0 Å². The van der Waals surface area contributed by atoms with Crippen LogP contribution in [0.1, 0.15) is 19.3 Å². The maximum atomic E-state index is 13.6. The highest BCUT2D eigenvalue weighted by atomic mass is 79.9. The zero-order valence-electron chi connectivity index (χ0n) is 10.7. The molecular formula is C12H17BrClFN2O2S. The second-order valence-electron chi connectivity index (χ2n) is 4.55. The van der Waals surface area contributed by atoms with E-state index in [2.05, 4.69) is 26.0 Å². The minimum Gasteiger partial charge on any atom is -0.314 e. The van der Waals surface area contributed by atoms with Gasteiger partial charge in [-0.05, 0) is 44.0 Å². The predicted molar refractivity (Wildman–Crippen MR) is 82.2 cm³/mol. The number of nitrogens with one attached hydrogen (secondary N) is 2. The van der Waals surface area contributed by atoms with Crippen molar-refractivity contribution in [3.63, 3.8) is 0 Å². The van der Waals surface area contributed by atoms with Crippen LogP contribution in [0, 0.1) is 5.82 Å². The quantitative estimate of drug-likeness (QED) is 0.816. The van der Waals surface area contributed by atoms with Crippen LogP contribution in [-0.4, -0.2) is 27.5 Å². The van der Waals surface area contributed by atoms with Gasteiger partial charge in [0.25, 0.3) is 0 Å². The Labute approximate surface area is 133 Å². The molecule has 0 amide bonds. The van der Waals surface area contributed by atoms with Crippen molar-refractivity contribution in [3.05, 3.63) is 28.5 Å². The molecule has 114 valence electrons. The molecule has 1 heterocycles. The van der Waals surface area contributed by atoms with Crippen LogP contribution < -0.4 is 10.0 Å². The topological polar surface area (TPSA) is 58.2 Å². The van der Waals surface area contributed by atoms with Gasteiger partial charge in [-0.15, -0.1) is 12.4 Å². The van der Waals surface area contributed by atoms with Gasteiger partial charge in [-0.2, -0.15) is 0 Å². The average molecular weight is 388 g/mol. The van der Waals surface area contributed by atoms with E-state index in [1.807, 2.05) is 0 Å². The van der Waals surface area contributed by atoms with Crippen molar-refractivity contribution < 1.29 is 12.8 Å². The normalized spacial score (nSPS) is 18.8. The minimum atomic E-state index is -3.77. The van der Waals surface area contributed by atoms with E-state index < -0.39 is 15.8 Å². The summed E-state index contributed by atoms with van der Waals surface area (Å²) in [7, 11) is -3.77. The van der Waals surface area contributed by atoms with E-state index in [1.165, 1.54) is 12.1 Å². The van der Waals surface area contributed by atoms with Gasteiger partial charge in [0.1, 0.15) is 10.7 Å². The molecule has 1 aliphatic heterocycles.